The smallest absolute Gasteiger partial charge is 0.0988 e. The molecule has 0 N–H and O–H groups in total. The third-order valence-corrected chi connectivity index (χ3v) is 2.12. The second-order valence-electron chi connectivity index (χ2n) is 3.09. The molecular formula is C12H15B. The van der Waals surface area contributed by atoms with Crippen LogP contribution in [0.15, 0.2) is 36.9 Å². The van der Waals surface area contributed by atoms with Crippen LogP contribution >= 0.6 is 0 Å². The van der Waals surface area contributed by atoms with E-state index in [9.17, 15) is 0 Å². The summed E-state index contributed by atoms with van der Waals surface area (Å²) >= 11 is 0. The summed E-state index contributed by atoms with van der Waals surface area (Å²) in [5.41, 5.74) is 1.24. The molecule has 0 bridgehead atoms. The second-order valence-corrected chi connectivity index (χ2v) is 3.09. The maximum atomic E-state index is 3.79. The highest BCUT2D eigenvalue weighted by Gasteiger charge is 1.86. The Morgan fingerprint density at radius 2 is 2.15 bits per heavy atom. The largest absolute Gasteiger partial charge is 0.106 e. The first-order valence-electron chi connectivity index (χ1n) is 4.68. The zero-order valence-electron chi connectivity index (χ0n) is 8.38. The van der Waals surface area contributed by atoms with Crippen LogP contribution in [0.5, 0.6) is 0 Å². The van der Waals surface area contributed by atoms with Crippen LogP contribution in [0.1, 0.15) is 6.92 Å². The summed E-state index contributed by atoms with van der Waals surface area (Å²) in [6.07, 6.45) is 5.21. The van der Waals surface area contributed by atoms with E-state index in [4.69, 9.17) is 0 Å². The van der Waals surface area contributed by atoms with Crippen molar-refractivity contribution in [2.75, 3.05) is 0 Å². The van der Waals surface area contributed by atoms with E-state index in [1.54, 1.807) is 0 Å². The maximum Gasteiger partial charge on any atom is 0.106 e. The monoisotopic (exact) mass is 170 g/mol. The minimum Gasteiger partial charge on any atom is -0.0988 e. The fourth-order valence-electron chi connectivity index (χ4n) is 1.36. The summed E-state index contributed by atoms with van der Waals surface area (Å²) in [4.78, 5) is 0. The molecule has 0 spiro atoms. The van der Waals surface area contributed by atoms with Gasteiger partial charge in [-0.05, 0) is 22.9 Å². The Labute approximate surface area is 80.7 Å². The molecule has 13 heavy (non-hydrogen) atoms. The van der Waals surface area contributed by atoms with Crippen molar-refractivity contribution >= 4 is 19.5 Å². The third kappa shape index (κ3) is 2.35. The average Bonchev–Trinajstić information content (AvgIpc) is 2.18. The minimum absolute atomic E-state index is 1.07. The highest BCUT2D eigenvalue weighted by Crippen LogP contribution is 1.88. The molecule has 0 fully saturated rings. The van der Waals surface area contributed by atoms with Gasteiger partial charge < -0.3 is 0 Å². The predicted molar refractivity (Wildman–Crippen MR) is 62.8 cm³/mol. The topological polar surface area (TPSA) is 0 Å². The van der Waals surface area contributed by atoms with E-state index in [0.29, 0.717) is 0 Å². The van der Waals surface area contributed by atoms with Crippen LogP contribution in [0.3, 0.4) is 0 Å². The van der Waals surface area contributed by atoms with Gasteiger partial charge in [0.05, 0.1) is 0 Å². The maximum absolute atomic E-state index is 3.79. The van der Waals surface area contributed by atoms with Gasteiger partial charge in [-0.3, -0.25) is 0 Å². The molecular weight excluding hydrogens is 155 g/mol. The van der Waals surface area contributed by atoms with Crippen molar-refractivity contribution in [2.24, 2.45) is 0 Å². The van der Waals surface area contributed by atoms with Crippen LogP contribution in [0.25, 0.3) is 11.6 Å². The zero-order chi connectivity index (χ0) is 9.68. The molecule has 1 aromatic carbocycles. The van der Waals surface area contributed by atoms with Crippen LogP contribution in [0.2, 0.25) is 6.32 Å². The Bertz CT molecular complexity index is 401. The summed E-state index contributed by atoms with van der Waals surface area (Å²) in [5.74, 6) is 0. The Morgan fingerprint density at radius 1 is 1.46 bits per heavy atom. The summed E-state index contributed by atoms with van der Waals surface area (Å²) in [7, 11) is 2.15. The first-order chi connectivity index (χ1) is 6.29. The van der Waals surface area contributed by atoms with Crippen LogP contribution in [0.4, 0.5) is 0 Å². The summed E-state index contributed by atoms with van der Waals surface area (Å²) in [6.45, 7) is 5.88. The molecule has 0 radical (unpaired) electrons. The first kappa shape index (κ1) is 9.85. The van der Waals surface area contributed by atoms with E-state index in [1.165, 1.54) is 16.0 Å². The van der Waals surface area contributed by atoms with Gasteiger partial charge in [0, 0.05) is 0 Å². The summed E-state index contributed by atoms with van der Waals surface area (Å²) < 4.78 is 0. The van der Waals surface area contributed by atoms with Gasteiger partial charge in [-0.1, -0.05) is 49.3 Å². The van der Waals surface area contributed by atoms with Crippen LogP contribution in [-0.2, 0) is 0 Å². The lowest BCUT2D eigenvalue weighted by molar-refractivity contribution is 1.47. The van der Waals surface area contributed by atoms with E-state index in [2.05, 4.69) is 51.7 Å². The van der Waals surface area contributed by atoms with Crippen LogP contribution in [-0.4, -0.2) is 7.85 Å². The molecule has 0 atom stereocenters. The Hall–Kier alpha value is -1.24. The van der Waals surface area contributed by atoms with Gasteiger partial charge in [-0.15, -0.1) is 0 Å². The van der Waals surface area contributed by atoms with E-state index < -0.39 is 0 Å². The standard InChI is InChI=1S/C12H15B/c1-3-10(2)12-7-5-4-6-11(12)8-9-13/h3-8H,1,9,13H2,2H3/b11-8-,12-10-. The molecule has 0 aliphatic carbocycles. The lowest BCUT2D eigenvalue weighted by Gasteiger charge is -1.93. The SMILES string of the molecule is BC/C=c1/cccc/c1=C(\C)C=C. The number of benzene rings is 1. The Morgan fingerprint density at radius 3 is 2.77 bits per heavy atom. The summed E-state index contributed by atoms with van der Waals surface area (Å²) in [5, 5.41) is 2.60. The number of hydrogen-bond donors (Lipinski definition) is 0. The molecule has 0 nitrogen and oxygen atoms in total. The second kappa shape index (κ2) is 4.71. The van der Waals surface area contributed by atoms with E-state index in [-0.39, 0.29) is 0 Å². The fraction of sp³-hybridized carbons (Fsp3) is 0.167. The molecule has 0 amide bonds. The molecule has 0 unspecified atom stereocenters. The quantitative estimate of drug-likeness (QED) is 0.578. The van der Waals surface area contributed by atoms with E-state index >= 15 is 0 Å². The van der Waals surface area contributed by atoms with Gasteiger partial charge in [-0.2, -0.15) is 0 Å². The van der Waals surface area contributed by atoms with Crippen molar-refractivity contribution < 1.29 is 0 Å². The highest BCUT2D eigenvalue weighted by atomic mass is 13.9. The van der Waals surface area contributed by atoms with Gasteiger partial charge in [0.2, 0.25) is 0 Å². The molecule has 66 valence electrons. The van der Waals surface area contributed by atoms with Crippen molar-refractivity contribution in [2.45, 2.75) is 13.2 Å². The molecule has 0 aliphatic rings. The van der Waals surface area contributed by atoms with E-state index in [1.807, 2.05) is 6.08 Å². The summed E-state index contributed by atoms with van der Waals surface area (Å²) in [6, 6.07) is 8.42. The Balaban J connectivity index is 3.55. The van der Waals surface area contributed by atoms with Gasteiger partial charge in [0.25, 0.3) is 0 Å². The molecule has 0 saturated carbocycles. The lowest BCUT2D eigenvalue weighted by Crippen LogP contribution is -2.25. The third-order valence-electron chi connectivity index (χ3n) is 2.12. The number of allylic oxidation sites excluding steroid dienone is 1. The molecule has 0 aromatic heterocycles. The minimum atomic E-state index is 1.07. The van der Waals surface area contributed by atoms with Crippen molar-refractivity contribution in [3.63, 3.8) is 0 Å². The molecule has 1 rings (SSSR count). The van der Waals surface area contributed by atoms with Gasteiger partial charge in [0.1, 0.15) is 7.85 Å². The average molecular weight is 170 g/mol. The van der Waals surface area contributed by atoms with E-state index in [0.717, 1.165) is 6.32 Å². The van der Waals surface area contributed by atoms with Crippen molar-refractivity contribution in [3.8, 4) is 0 Å². The molecule has 1 aromatic rings. The van der Waals surface area contributed by atoms with Crippen molar-refractivity contribution in [1.29, 1.82) is 0 Å². The van der Waals surface area contributed by atoms with Crippen molar-refractivity contribution in [3.05, 3.63) is 47.4 Å². The number of hydrogen-bond acceptors (Lipinski definition) is 0. The molecule has 0 aliphatic heterocycles. The fourth-order valence-corrected chi connectivity index (χ4v) is 1.36. The van der Waals surface area contributed by atoms with Gasteiger partial charge in [0.15, 0.2) is 0 Å². The van der Waals surface area contributed by atoms with Crippen LogP contribution < -0.4 is 10.4 Å². The number of rotatable bonds is 2. The van der Waals surface area contributed by atoms with Gasteiger partial charge >= 0.3 is 0 Å². The first-order valence-corrected chi connectivity index (χ1v) is 4.68. The van der Waals surface area contributed by atoms with Crippen molar-refractivity contribution in [1.82, 2.24) is 0 Å². The van der Waals surface area contributed by atoms with Crippen LogP contribution in [0, 0.1) is 0 Å². The predicted octanol–water partition coefficient (Wildman–Crippen LogP) is 0.875. The molecule has 0 saturated heterocycles. The zero-order valence-corrected chi connectivity index (χ0v) is 8.38. The highest BCUT2D eigenvalue weighted by molar-refractivity contribution is 6.11. The lowest BCUT2D eigenvalue weighted by atomic mass is 10.0. The van der Waals surface area contributed by atoms with Gasteiger partial charge in [-0.25, -0.2) is 0 Å². The molecule has 1 heteroatoms. The Kier molecular flexibility index (Phi) is 3.57. The normalized spacial score (nSPS) is 14.1. The molecule has 0 heterocycles.